The van der Waals surface area contributed by atoms with E-state index in [0.29, 0.717) is 102 Å². The summed E-state index contributed by atoms with van der Waals surface area (Å²) in [4.78, 5) is 71.0. The van der Waals surface area contributed by atoms with Gasteiger partial charge in [0.1, 0.15) is 11.5 Å². The molecule has 3 heterocycles. The van der Waals surface area contributed by atoms with Crippen LogP contribution in [-0.2, 0) is 73.9 Å². The molecule has 5 amide bonds. The lowest BCUT2D eigenvalue weighted by Crippen LogP contribution is -2.41. The van der Waals surface area contributed by atoms with Gasteiger partial charge in [-0.1, -0.05) is 29.3 Å². The van der Waals surface area contributed by atoms with Gasteiger partial charge in [-0.05, 0) is 94.3 Å². The zero-order valence-electron chi connectivity index (χ0n) is 40.0. The minimum Gasteiger partial charge on any atom is -0.379 e. The van der Waals surface area contributed by atoms with Crippen molar-refractivity contribution in [3.8, 4) is 0 Å². The van der Waals surface area contributed by atoms with Gasteiger partial charge in [0.2, 0.25) is 0 Å². The molecule has 2 aliphatic rings. The molecule has 0 aliphatic carbocycles. The van der Waals surface area contributed by atoms with Gasteiger partial charge in [-0.2, -0.15) is 5.06 Å². The first kappa shape index (κ1) is 55.9. The van der Waals surface area contributed by atoms with Gasteiger partial charge < -0.3 is 49.6 Å². The number of piperidine rings is 1. The summed E-state index contributed by atoms with van der Waals surface area (Å²) >= 11 is 5.79. The molecule has 0 bridgehead atoms. The number of benzene rings is 2. The van der Waals surface area contributed by atoms with Gasteiger partial charge in [0.15, 0.2) is 6.29 Å². The number of aromatic nitrogens is 3. The van der Waals surface area contributed by atoms with Crippen LogP contribution in [0.15, 0.2) is 42.6 Å². The number of nitrogens with one attached hydrogen (secondary N) is 3. The summed E-state index contributed by atoms with van der Waals surface area (Å²) in [5, 5.41) is 26.7. The lowest BCUT2D eigenvalue weighted by Gasteiger charge is -2.27. The molecule has 0 radical (unpaired) electrons. The Morgan fingerprint density at radius 1 is 0.857 bits per heavy atom. The number of aliphatic hydroxyl groups excluding tert-OH is 1. The number of amides is 5. The first-order chi connectivity index (χ1) is 33.9. The molecular formula is C47H67ClFN9O12. The van der Waals surface area contributed by atoms with Crippen LogP contribution in [0.4, 0.5) is 10.1 Å². The van der Waals surface area contributed by atoms with E-state index in [9.17, 15) is 33.5 Å². The Bertz CT molecular complexity index is 2110. The van der Waals surface area contributed by atoms with Crippen molar-refractivity contribution in [1.82, 2.24) is 40.5 Å². The number of hydrogen-bond donors (Lipinski definition) is 4. The molecule has 0 saturated carbocycles. The summed E-state index contributed by atoms with van der Waals surface area (Å²) in [6.07, 6.45) is 4.66. The summed E-state index contributed by atoms with van der Waals surface area (Å²) in [5.41, 5.74) is 2.98. The molecule has 1 aromatic heterocycles. The standard InChI is InChI=1S/C47H67ClFN9O12/c1-34(32-68-25-23-67-24-26-69-33-39-31-57(54-53-39)18-20-66-22-21-65-19-13-44(61)70-58-42(59)11-12-43(58)60)55(2)15-6-14-50-46(63)47(64)51-29-36-8-7-35(27-37(36)30-56-16-4-3-5-17-56)45(62)52-38-9-10-40(48)41(49)28-38/h7-10,27-28,31,34,44,61H,3-6,11-26,29-30,32-33H2,1-2H3,(H,50,63)(H,51,64)(H,52,62). The molecule has 5 rings (SSSR count). The highest BCUT2D eigenvalue weighted by atomic mass is 35.5. The van der Waals surface area contributed by atoms with Gasteiger partial charge in [-0.15, -0.1) is 5.10 Å². The average Bonchev–Trinajstić information content (AvgIpc) is 3.94. The Labute approximate surface area is 412 Å². The smallest absolute Gasteiger partial charge is 0.309 e. The Hall–Kier alpha value is -5.01. The van der Waals surface area contributed by atoms with Crippen molar-refractivity contribution in [2.45, 2.75) is 90.4 Å². The van der Waals surface area contributed by atoms with Crippen LogP contribution in [0.25, 0.3) is 0 Å². The van der Waals surface area contributed by atoms with E-state index >= 15 is 0 Å². The fraction of sp³-hybridized carbons (Fsp3) is 0.596. The maximum Gasteiger partial charge on any atom is 0.309 e. The zero-order chi connectivity index (χ0) is 50.1. The molecular weight excluding hydrogens is 937 g/mol. The molecule has 2 fully saturated rings. The van der Waals surface area contributed by atoms with Crippen LogP contribution in [0.1, 0.15) is 79.0 Å². The number of imide groups is 1. The molecule has 2 unspecified atom stereocenters. The SMILES string of the molecule is CC(COCCOCCOCc1cn(CCOCCOCCC(O)ON2C(=O)CCC2=O)nn1)N(C)CCCNC(=O)C(=O)NCc1ccc(C(=O)Nc2ccc(Cl)c(F)c2)cc1CN1CCCCC1. The van der Waals surface area contributed by atoms with Crippen LogP contribution in [0, 0.1) is 5.82 Å². The van der Waals surface area contributed by atoms with Crippen LogP contribution in [-0.4, -0.2) is 170 Å². The number of halogens is 2. The molecule has 70 heavy (non-hydrogen) atoms. The topological polar surface area (TPSA) is 237 Å². The molecule has 2 aliphatic heterocycles. The summed E-state index contributed by atoms with van der Waals surface area (Å²) in [6, 6.07) is 9.36. The first-order valence-corrected chi connectivity index (χ1v) is 24.1. The van der Waals surface area contributed by atoms with Crippen LogP contribution in [0.2, 0.25) is 5.02 Å². The van der Waals surface area contributed by atoms with Gasteiger partial charge in [-0.3, -0.25) is 28.9 Å². The second-order valence-electron chi connectivity index (χ2n) is 16.9. The number of hydroxylamine groups is 2. The van der Waals surface area contributed by atoms with Gasteiger partial charge >= 0.3 is 11.8 Å². The number of rotatable bonds is 32. The van der Waals surface area contributed by atoms with Crippen LogP contribution < -0.4 is 16.0 Å². The lowest BCUT2D eigenvalue weighted by molar-refractivity contribution is -0.247. The van der Waals surface area contributed by atoms with E-state index in [2.05, 4.69) is 36.1 Å². The largest absolute Gasteiger partial charge is 0.379 e. The number of likely N-dealkylation sites (N-methyl/N-ethyl adjacent to an activating group) is 1. The van der Waals surface area contributed by atoms with E-state index in [-0.39, 0.29) is 55.8 Å². The van der Waals surface area contributed by atoms with Gasteiger partial charge in [0.25, 0.3) is 17.7 Å². The molecule has 2 saturated heterocycles. The molecule has 23 heteroatoms. The second kappa shape index (κ2) is 30.7. The monoisotopic (exact) mass is 1000 g/mol. The number of aliphatic hydroxyl groups is 1. The molecule has 2 aromatic carbocycles. The minimum atomic E-state index is -1.32. The fourth-order valence-electron chi connectivity index (χ4n) is 7.23. The maximum absolute atomic E-state index is 14.0. The van der Waals surface area contributed by atoms with Crippen molar-refractivity contribution < 1.29 is 62.0 Å². The number of nitrogens with zero attached hydrogens (tertiary/aromatic N) is 6. The van der Waals surface area contributed by atoms with E-state index in [0.717, 1.165) is 43.1 Å². The normalized spacial score (nSPS) is 15.1. The van der Waals surface area contributed by atoms with E-state index in [1.54, 1.807) is 29.1 Å². The van der Waals surface area contributed by atoms with E-state index in [4.69, 9.17) is 40.1 Å². The average molecular weight is 1000 g/mol. The Balaban J connectivity index is 0.848. The number of likely N-dealkylation sites (tertiary alicyclic amines) is 1. The van der Waals surface area contributed by atoms with Gasteiger partial charge in [0, 0.05) is 56.2 Å². The minimum absolute atomic E-state index is 0.0385. The maximum atomic E-state index is 14.0. The third-order valence-corrected chi connectivity index (χ3v) is 11.7. The molecule has 3 aromatic rings. The summed E-state index contributed by atoms with van der Waals surface area (Å²) in [6.45, 7) is 9.58. The Morgan fingerprint density at radius 3 is 2.29 bits per heavy atom. The number of carbonyl (C=O) groups is 5. The molecule has 4 N–H and O–H groups in total. The number of hydrogen-bond acceptors (Lipinski definition) is 16. The van der Waals surface area contributed by atoms with Crippen molar-refractivity contribution in [3.05, 3.63) is 75.8 Å². The number of carbonyl (C=O) groups excluding carboxylic acids is 5. The summed E-state index contributed by atoms with van der Waals surface area (Å²) in [5.74, 6) is -3.45. The summed E-state index contributed by atoms with van der Waals surface area (Å²) in [7, 11) is 1.97. The van der Waals surface area contributed by atoms with Crippen molar-refractivity contribution in [2.75, 3.05) is 98.0 Å². The predicted molar refractivity (Wildman–Crippen MR) is 252 cm³/mol. The van der Waals surface area contributed by atoms with E-state index < -0.39 is 41.6 Å². The van der Waals surface area contributed by atoms with Crippen LogP contribution in [0.5, 0.6) is 0 Å². The van der Waals surface area contributed by atoms with Crippen molar-refractivity contribution in [1.29, 1.82) is 0 Å². The van der Waals surface area contributed by atoms with Crippen molar-refractivity contribution >= 4 is 46.8 Å². The molecule has 0 spiro atoms. The third kappa shape index (κ3) is 20.0. The third-order valence-electron chi connectivity index (χ3n) is 11.4. The van der Waals surface area contributed by atoms with Gasteiger partial charge in [0.05, 0.1) is 83.8 Å². The number of anilines is 1. The summed E-state index contributed by atoms with van der Waals surface area (Å²) < 4.78 is 43.6. The van der Waals surface area contributed by atoms with Gasteiger partial charge in [-0.25, -0.2) is 13.9 Å². The lowest BCUT2D eigenvalue weighted by atomic mass is 10.0. The number of ether oxygens (including phenoxy) is 5. The first-order valence-electron chi connectivity index (χ1n) is 23.7. The zero-order valence-corrected chi connectivity index (χ0v) is 40.8. The highest BCUT2D eigenvalue weighted by Gasteiger charge is 2.32. The fourth-order valence-corrected chi connectivity index (χ4v) is 7.35. The Kier molecular flexibility index (Phi) is 24.5. The van der Waals surface area contributed by atoms with E-state index in [1.165, 1.54) is 18.6 Å². The van der Waals surface area contributed by atoms with Crippen LogP contribution >= 0.6 is 11.6 Å². The Morgan fingerprint density at radius 2 is 1.54 bits per heavy atom. The quantitative estimate of drug-likeness (QED) is 0.0305. The molecule has 386 valence electrons. The molecule has 21 nitrogen and oxygen atoms in total. The van der Waals surface area contributed by atoms with Crippen LogP contribution in [0.3, 0.4) is 0 Å². The second-order valence-corrected chi connectivity index (χ2v) is 17.3. The predicted octanol–water partition coefficient (Wildman–Crippen LogP) is 2.82. The highest BCUT2D eigenvalue weighted by Crippen LogP contribution is 2.22. The van der Waals surface area contributed by atoms with E-state index in [1.807, 2.05) is 14.0 Å². The molecule has 2 atom stereocenters. The van der Waals surface area contributed by atoms with Crippen molar-refractivity contribution in [2.24, 2.45) is 0 Å². The highest BCUT2D eigenvalue weighted by molar-refractivity contribution is 6.35. The van der Waals surface area contributed by atoms with Crippen molar-refractivity contribution in [3.63, 3.8) is 0 Å².